The van der Waals surface area contributed by atoms with Crippen molar-refractivity contribution in [3.63, 3.8) is 0 Å². The standard InChI is InChI=1S/C17H23N3O2S/c1-13-12-23-17(19-13)11-20(2)9-8-16(21)18-10-14-6-4-5-7-15(14)22-3/h4-7,12H,8-11H2,1-3H3,(H,18,21). The molecule has 23 heavy (non-hydrogen) atoms. The lowest BCUT2D eigenvalue weighted by molar-refractivity contribution is -0.121. The van der Waals surface area contributed by atoms with Gasteiger partial charge in [-0.3, -0.25) is 9.69 Å². The van der Waals surface area contributed by atoms with Gasteiger partial charge in [-0.1, -0.05) is 18.2 Å². The first-order chi connectivity index (χ1) is 11.1. The predicted octanol–water partition coefficient (Wildman–Crippen LogP) is 2.60. The zero-order valence-corrected chi connectivity index (χ0v) is 14.7. The number of ether oxygens (including phenoxy) is 1. The molecule has 0 spiro atoms. The van der Waals surface area contributed by atoms with E-state index in [1.165, 1.54) is 0 Å². The van der Waals surface area contributed by atoms with Crippen LogP contribution in [0.15, 0.2) is 29.6 Å². The number of carbonyl (C=O) groups is 1. The summed E-state index contributed by atoms with van der Waals surface area (Å²) in [5.74, 6) is 0.835. The van der Waals surface area contributed by atoms with E-state index in [0.717, 1.165) is 28.6 Å². The van der Waals surface area contributed by atoms with Crippen molar-refractivity contribution in [2.45, 2.75) is 26.4 Å². The van der Waals surface area contributed by atoms with Crippen LogP contribution in [-0.2, 0) is 17.9 Å². The molecule has 1 aromatic heterocycles. The molecule has 124 valence electrons. The van der Waals surface area contributed by atoms with Crippen molar-refractivity contribution in [1.82, 2.24) is 15.2 Å². The highest BCUT2D eigenvalue weighted by molar-refractivity contribution is 7.09. The van der Waals surface area contributed by atoms with Gasteiger partial charge in [0.25, 0.3) is 0 Å². The number of rotatable bonds is 8. The molecule has 2 aromatic rings. The molecule has 0 bridgehead atoms. The van der Waals surface area contributed by atoms with Crippen molar-refractivity contribution < 1.29 is 9.53 Å². The molecule has 2 rings (SSSR count). The second-order valence-corrected chi connectivity index (χ2v) is 6.40. The molecule has 1 N–H and O–H groups in total. The molecule has 0 radical (unpaired) electrons. The molecule has 0 aliphatic rings. The number of benzene rings is 1. The van der Waals surface area contributed by atoms with Gasteiger partial charge in [0.15, 0.2) is 0 Å². The van der Waals surface area contributed by atoms with Gasteiger partial charge in [0, 0.05) is 36.1 Å². The van der Waals surface area contributed by atoms with Crippen molar-refractivity contribution in [3.05, 3.63) is 45.9 Å². The van der Waals surface area contributed by atoms with Gasteiger partial charge >= 0.3 is 0 Å². The Morgan fingerprint density at radius 2 is 2.17 bits per heavy atom. The fraction of sp³-hybridized carbons (Fsp3) is 0.412. The number of para-hydroxylation sites is 1. The van der Waals surface area contributed by atoms with Gasteiger partial charge in [-0.25, -0.2) is 4.98 Å². The van der Waals surface area contributed by atoms with Crippen LogP contribution in [0, 0.1) is 6.92 Å². The van der Waals surface area contributed by atoms with E-state index in [2.05, 4.69) is 15.2 Å². The normalized spacial score (nSPS) is 10.8. The average molecular weight is 333 g/mol. The minimum atomic E-state index is 0.0399. The number of hydrogen-bond donors (Lipinski definition) is 1. The van der Waals surface area contributed by atoms with Crippen LogP contribution < -0.4 is 10.1 Å². The molecule has 1 aromatic carbocycles. The van der Waals surface area contributed by atoms with Gasteiger partial charge < -0.3 is 10.1 Å². The van der Waals surface area contributed by atoms with E-state index in [9.17, 15) is 4.79 Å². The minimum absolute atomic E-state index is 0.0399. The number of amides is 1. The molecule has 5 nitrogen and oxygen atoms in total. The lowest BCUT2D eigenvalue weighted by atomic mass is 10.2. The molecule has 0 saturated carbocycles. The van der Waals surface area contributed by atoms with Crippen LogP contribution in [0.1, 0.15) is 22.7 Å². The van der Waals surface area contributed by atoms with E-state index in [1.807, 2.05) is 43.6 Å². The molecule has 0 aliphatic heterocycles. The van der Waals surface area contributed by atoms with Gasteiger partial charge in [0.1, 0.15) is 10.8 Å². The van der Waals surface area contributed by atoms with Crippen LogP contribution in [0.3, 0.4) is 0 Å². The molecule has 1 heterocycles. The van der Waals surface area contributed by atoms with Gasteiger partial charge in [-0.2, -0.15) is 0 Å². The topological polar surface area (TPSA) is 54.5 Å². The second-order valence-electron chi connectivity index (χ2n) is 5.46. The van der Waals surface area contributed by atoms with Crippen molar-refractivity contribution in [1.29, 1.82) is 0 Å². The number of aromatic nitrogens is 1. The molecular formula is C17H23N3O2S. The maximum atomic E-state index is 12.0. The zero-order valence-electron chi connectivity index (χ0n) is 13.8. The van der Waals surface area contributed by atoms with Crippen LogP contribution in [-0.4, -0.2) is 36.5 Å². The number of aryl methyl sites for hydroxylation is 1. The van der Waals surface area contributed by atoms with Crippen LogP contribution in [0.4, 0.5) is 0 Å². The summed E-state index contributed by atoms with van der Waals surface area (Å²) in [6, 6.07) is 7.70. The van der Waals surface area contributed by atoms with Gasteiger partial charge in [0.2, 0.25) is 5.91 Å². The summed E-state index contributed by atoms with van der Waals surface area (Å²) in [5.41, 5.74) is 2.03. The Kier molecular flexibility index (Phi) is 6.55. The molecule has 0 unspecified atom stereocenters. The first kappa shape index (κ1) is 17.4. The number of nitrogens with one attached hydrogen (secondary N) is 1. The largest absolute Gasteiger partial charge is 0.496 e. The number of hydrogen-bond acceptors (Lipinski definition) is 5. The first-order valence-corrected chi connectivity index (χ1v) is 8.44. The second kappa shape index (κ2) is 8.64. The van der Waals surface area contributed by atoms with Crippen molar-refractivity contribution in [3.8, 4) is 5.75 Å². The number of nitrogens with zero attached hydrogens (tertiary/aromatic N) is 2. The third kappa shape index (κ3) is 5.65. The highest BCUT2D eigenvalue weighted by atomic mass is 32.1. The van der Waals surface area contributed by atoms with E-state index in [1.54, 1.807) is 18.4 Å². The van der Waals surface area contributed by atoms with Crippen LogP contribution >= 0.6 is 11.3 Å². The number of thiazole rings is 1. The van der Waals surface area contributed by atoms with Crippen molar-refractivity contribution >= 4 is 17.2 Å². The summed E-state index contributed by atoms with van der Waals surface area (Å²) in [7, 11) is 3.64. The number of carbonyl (C=O) groups excluding carboxylic acids is 1. The summed E-state index contributed by atoms with van der Waals surface area (Å²) in [6.45, 7) is 3.96. The van der Waals surface area contributed by atoms with E-state index in [4.69, 9.17) is 4.74 Å². The Bertz CT molecular complexity index is 642. The van der Waals surface area contributed by atoms with E-state index >= 15 is 0 Å². The Balaban J connectivity index is 1.72. The minimum Gasteiger partial charge on any atom is -0.496 e. The first-order valence-electron chi connectivity index (χ1n) is 7.56. The van der Waals surface area contributed by atoms with Crippen LogP contribution in [0.2, 0.25) is 0 Å². The lowest BCUT2D eigenvalue weighted by Gasteiger charge is -2.15. The maximum absolute atomic E-state index is 12.0. The molecule has 1 amide bonds. The SMILES string of the molecule is COc1ccccc1CNC(=O)CCN(C)Cc1nc(C)cs1. The Morgan fingerprint density at radius 3 is 2.87 bits per heavy atom. The summed E-state index contributed by atoms with van der Waals surface area (Å²) < 4.78 is 5.28. The Hall–Kier alpha value is -1.92. The third-order valence-electron chi connectivity index (χ3n) is 3.46. The summed E-state index contributed by atoms with van der Waals surface area (Å²) in [4.78, 5) is 18.5. The Labute approximate surface area is 141 Å². The van der Waals surface area contributed by atoms with Crippen molar-refractivity contribution in [2.24, 2.45) is 0 Å². The number of methoxy groups -OCH3 is 1. The molecule has 0 saturated heterocycles. The zero-order chi connectivity index (χ0) is 16.7. The third-order valence-corrected chi connectivity index (χ3v) is 4.41. The fourth-order valence-corrected chi connectivity index (χ4v) is 3.06. The maximum Gasteiger partial charge on any atom is 0.221 e. The Morgan fingerprint density at radius 1 is 1.39 bits per heavy atom. The molecule has 0 aliphatic carbocycles. The average Bonchev–Trinajstić information content (AvgIpc) is 2.96. The van der Waals surface area contributed by atoms with Crippen molar-refractivity contribution in [2.75, 3.05) is 20.7 Å². The summed E-state index contributed by atoms with van der Waals surface area (Å²) in [6.07, 6.45) is 0.468. The van der Waals surface area contributed by atoms with Gasteiger partial charge in [-0.15, -0.1) is 11.3 Å². The fourth-order valence-electron chi connectivity index (χ4n) is 2.21. The monoisotopic (exact) mass is 333 g/mol. The highest BCUT2D eigenvalue weighted by Crippen LogP contribution is 2.16. The van der Waals surface area contributed by atoms with Crippen LogP contribution in [0.25, 0.3) is 0 Å². The molecule has 0 atom stereocenters. The van der Waals surface area contributed by atoms with Crippen LogP contribution in [0.5, 0.6) is 5.75 Å². The molecular weight excluding hydrogens is 310 g/mol. The molecule has 6 heteroatoms. The van der Waals surface area contributed by atoms with E-state index in [0.29, 0.717) is 19.5 Å². The lowest BCUT2D eigenvalue weighted by Crippen LogP contribution is -2.28. The van der Waals surface area contributed by atoms with Gasteiger partial charge in [0.05, 0.1) is 13.7 Å². The van der Waals surface area contributed by atoms with E-state index in [-0.39, 0.29) is 5.91 Å². The molecule has 0 fully saturated rings. The highest BCUT2D eigenvalue weighted by Gasteiger charge is 2.08. The van der Waals surface area contributed by atoms with Gasteiger partial charge in [-0.05, 0) is 20.0 Å². The predicted molar refractivity (Wildman–Crippen MR) is 92.6 cm³/mol. The summed E-state index contributed by atoms with van der Waals surface area (Å²) >= 11 is 1.66. The smallest absolute Gasteiger partial charge is 0.221 e. The summed E-state index contributed by atoms with van der Waals surface area (Å²) in [5, 5.41) is 6.07. The quantitative estimate of drug-likeness (QED) is 0.807. The van der Waals surface area contributed by atoms with E-state index < -0.39 is 0 Å².